The first kappa shape index (κ1) is 16.8. The SMILES string of the molecule is CN(C)C[C@@H]1CCC[C@]2(CCN(S(=O)(=O)c3cccnc3)C2)O1. The molecule has 0 aromatic carbocycles. The Bertz CT molecular complexity index is 635. The summed E-state index contributed by atoms with van der Waals surface area (Å²) >= 11 is 0. The van der Waals surface area contributed by atoms with Crippen molar-refractivity contribution < 1.29 is 13.2 Å². The minimum absolute atomic E-state index is 0.194. The molecule has 0 radical (unpaired) electrons. The second kappa shape index (κ2) is 6.47. The molecular formula is C16H25N3O3S. The van der Waals surface area contributed by atoms with Crippen LogP contribution in [0.4, 0.5) is 0 Å². The van der Waals surface area contributed by atoms with Gasteiger partial charge in [0.15, 0.2) is 0 Å². The van der Waals surface area contributed by atoms with Crippen molar-refractivity contribution in [2.45, 2.75) is 42.3 Å². The molecule has 1 aromatic rings. The highest BCUT2D eigenvalue weighted by Gasteiger charge is 2.46. The van der Waals surface area contributed by atoms with Crippen LogP contribution in [0.2, 0.25) is 0 Å². The molecule has 1 aromatic heterocycles. The summed E-state index contributed by atoms with van der Waals surface area (Å²) in [7, 11) is 0.606. The predicted octanol–water partition coefficient (Wildman–Crippen LogP) is 1.35. The number of sulfonamides is 1. The van der Waals surface area contributed by atoms with E-state index < -0.39 is 10.0 Å². The fraction of sp³-hybridized carbons (Fsp3) is 0.688. The molecule has 3 rings (SSSR count). The summed E-state index contributed by atoms with van der Waals surface area (Å²) in [4.78, 5) is 6.32. The second-order valence-corrected chi connectivity index (χ2v) is 8.79. The maximum Gasteiger partial charge on any atom is 0.244 e. The Labute approximate surface area is 138 Å². The third-order valence-electron chi connectivity index (χ3n) is 4.70. The van der Waals surface area contributed by atoms with Gasteiger partial charge in [0.05, 0.1) is 11.7 Å². The summed E-state index contributed by atoms with van der Waals surface area (Å²) in [5.41, 5.74) is -0.311. The van der Waals surface area contributed by atoms with Gasteiger partial charge in [-0.25, -0.2) is 8.42 Å². The van der Waals surface area contributed by atoms with Crippen molar-refractivity contribution in [3.05, 3.63) is 24.5 Å². The van der Waals surface area contributed by atoms with Gasteiger partial charge in [0.2, 0.25) is 10.0 Å². The number of aromatic nitrogens is 1. The molecule has 7 heteroatoms. The lowest BCUT2D eigenvalue weighted by atomic mass is 9.90. The van der Waals surface area contributed by atoms with Gasteiger partial charge in [-0.2, -0.15) is 4.31 Å². The number of rotatable bonds is 4. The van der Waals surface area contributed by atoms with E-state index in [1.807, 2.05) is 14.1 Å². The molecule has 2 fully saturated rings. The first-order valence-electron chi connectivity index (χ1n) is 8.14. The standard InChI is InChI=1S/C16H25N3O3S/c1-18(2)12-14-5-3-7-16(22-14)8-10-19(13-16)23(20,21)15-6-4-9-17-11-15/h4,6,9,11,14H,3,5,7-8,10,12-13H2,1-2H3/t14-,16+/m0/s1. The van der Waals surface area contributed by atoms with Crippen LogP contribution in [0.15, 0.2) is 29.4 Å². The van der Waals surface area contributed by atoms with E-state index >= 15 is 0 Å². The quantitative estimate of drug-likeness (QED) is 0.828. The largest absolute Gasteiger partial charge is 0.369 e. The predicted molar refractivity (Wildman–Crippen MR) is 87.6 cm³/mol. The Balaban J connectivity index is 1.73. The lowest BCUT2D eigenvalue weighted by Crippen LogP contribution is -2.46. The summed E-state index contributed by atoms with van der Waals surface area (Å²) in [5, 5.41) is 0. The van der Waals surface area contributed by atoms with Gasteiger partial charge in [0.25, 0.3) is 0 Å². The molecule has 3 heterocycles. The van der Waals surface area contributed by atoms with Crippen molar-refractivity contribution in [1.82, 2.24) is 14.2 Å². The molecule has 23 heavy (non-hydrogen) atoms. The van der Waals surface area contributed by atoms with Gasteiger partial charge in [0.1, 0.15) is 4.90 Å². The minimum atomic E-state index is -3.47. The molecule has 0 N–H and O–H groups in total. The van der Waals surface area contributed by atoms with Gasteiger partial charge in [-0.15, -0.1) is 0 Å². The van der Waals surface area contributed by atoms with Crippen molar-refractivity contribution in [3.63, 3.8) is 0 Å². The lowest BCUT2D eigenvalue weighted by Gasteiger charge is -2.39. The normalized spacial score (nSPS) is 29.4. The Morgan fingerprint density at radius 2 is 2.26 bits per heavy atom. The van der Waals surface area contributed by atoms with Crippen molar-refractivity contribution >= 4 is 10.0 Å². The van der Waals surface area contributed by atoms with Crippen molar-refractivity contribution in [2.24, 2.45) is 0 Å². The summed E-state index contributed by atoms with van der Waals surface area (Å²) in [6.45, 7) is 1.86. The molecule has 0 aliphatic carbocycles. The molecule has 2 aliphatic rings. The van der Waals surface area contributed by atoms with Crippen LogP contribution in [0.1, 0.15) is 25.7 Å². The molecule has 0 saturated carbocycles. The Kier molecular flexibility index (Phi) is 4.73. The third-order valence-corrected chi connectivity index (χ3v) is 6.53. The fourth-order valence-electron chi connectivity index (χ4n) is 3.62. The number of hydrogen-bond acceptors (Lipinski definition) is 5. The Morgan fingerprint density at radius 3 is 2.96 bits per heavy atom. The average molecular weight is 339 g/mol. The zero-order valence-electron chi connectivity index (χ0n) is 13.8. The topological polar surface area (TPSA) is 62.7 Å². The number of nitrogens with zero attached hydrogens (tertiary/aromatic N) is 3. The van der Waals surface area contributed by atoms with Crippen molar-refractivity contribution in [2.75, 3.05) is 33.7 Å². The van der Waals surface area contributed by atoms with Crippen molar-refractivity contribution in [3.8, 4) is 0 Å². The van der Waals surface area contributed by atoms with E-state index in [2.05, 4.69) is 9.88 Å². The zero-order valence-corrected chi connectivity index (χ0v) is 14.6. The van der Waals surface area contributed by atoms with Crippen LogP contribution in [-0.2, 0) is 14.8 Å². The van der Waals surface area contributed by atoms with Gasteiger partial charge >= 0.3 is 0 Å². The van der Waals surface area contributed by atoms with Crippen LogP contribution in [0.5, 0.6) is 0 Å². The maximum absolute atomic E-state index is 12.7. The van der Waals surface area contributed by atoms with E-state index in [-0.39, 0.29) is 16.6 Å². The van der Waals surface area contributed by atoms with Crippen LogP contribution in [-0.4, -0.2) is 68.0 Å². The first-order chi connectivity index (χ1) is 10.9. The molecular weight excluding hydrogens is 314 g/mol. The molecule has 2 atom stereocenters. The number of likely N-dealkylation sites (N-methyl/N-ethyl adjacent to an activating group) is 1. The van der Waals surface area contributed by atoms with Crippen LogP contribution in [0.3, 0.4) is 0 Å². The maximum atomic E-state index is 12.7. The van der Waals surface area contributed by atoms with E-state index in [9.17, 15) is 8.42 Å². The summed E-state index contributed by atoms with van der Waals surface area (Å²) in [5.74, 6) is 0. The highest BCUT2D eigenvalue weighted by atomic mass is 32.2. The van der Waals surface area contributed by atoms with Crippen LogP contribution in [0.25, 0.3) is 0 Å². The molecule has 0 unspecified atom stereocenters. The number of ether oxygens (including phenoxy) is 1. The zero-order chi connectivity index (χ0) is 16.5. The number of hydrogen-bond donors (Lipinski definition) is 0. The van der Waals surface area contributed by atoms with Gasteiger partial charge in [-0.1, -0.05) is 0 Å². The van der Waals surface area contributed by atoms with Gasteiger partial charge < -0.3 is 9.64 Å². The summed E-state index contributed by atoms with van der Waals surface area (Å²) in [6.07, 6.45) is 7.05. The van der Waals surface area contributed by atoms with E-state index in [1.54, 1.807) is 22.6 Å². The first-order valence-corrected chi connectivity index (χ1v) is 9.58. The molecule has 2 aliphatic heterocycles. The van der Waals surface area contributed by atoms with Gasteiger partial charge in [-0.3, -0.25) is 4.98 Å². The van der Waals surface area contributed by atoms with E-state index in [4.69, 9.17) is 4.74 Å². The van der Waals surface area contributed by atoms with Gasteiger partial charge in [-0.05, 0) is 51.9 Å². The molecule has 2 saturated heterocycles. The molecule has 128 valence electrons. The monoisotopic (exact) mass is 339 g/mol. The smallest absolute Gasteiger partial charge is 0.244 e. The molecule has 0 amide bonds. The second-order valence-electron chi connectivity index (χ2n) is 6.85. The van der Waals surface area contributed by atoms with Crippen LogP contribution < -0.4 is 0 Å². The average Bonchev–Trinajstić information content (AvgIpc) is 2.92. The van der Waals surface area contributed by atoms with Crippen LogP contribution in [0, 0.1) is 0 Å². The Morgan fingerprint density at radius 1 is 1.43 bits per heavy atom. The summed E-state index contributed by atoms with van der Waals surface area (Å²) in [6, 6.07) is 3.26. The Hall–Kier alpha value is -1.02. The lowest BCUT2D eigenvalue weighted by molar-refractivity contribution is -0.123. The van der Waals surface area contributed by atoms with E-state index in [0.717, 1.165) is 32.2 Å². The third kappa shape index (κ3) is 3.57. The van der Waals surface area contributed by atoms with Crippen molar-refractivity contribution in [1.29, 1.82) is 0 Å². The highest BCUT2D eigenvalue weighted by Crippen LogP contribution is 2.38. The fourth-order valence-corrected chi connectivity index (χ4v) is 5.10. The van der Waals surface area contributed by atoms with Gasteiger partial charge in [0, 0.05) is 32.0 Å². The minimum Gasteiger partial charge on any atom is -0.369 e. The van der Waals surface area contributed by atoms with E-state index in [0.29, 0.717) is 13.1 Å². The van der Waals surface area contributed by atoms with Crippen LogP contribution >= 0.6 is 0 Å². The molecule has 1 spiro atoms. The molecule has 0 bridgehead atoms. The summed E-state index contributed by atoms with van der Waals surface area (Å²) < 4.78 is 33.4. The highest BCUT2D eigenvalue weighted by molar-refractivity contribution is 7.89. The molecule has 6 nitrogen and oxygen atoms in total. The van der Waals surface area contributed by atoms with E-state index in [1.165, 1.54) is 6.20 Å². The number of pyridine rings is 1.